The number of piperidine rings is 1. The van der Waals surface area contributed by atoms with Crippen LogP contribution in [0.3, 0.4) is 0 Å². The zero-order valence-electron chi connectivity index (χ0n) is 17.1. The van der Waals surface area contributed by atoms with Crippen molar-refractivity contribution < 1.29 is 4.79 Å². The van der Waals surface area contributed by atoms with E-state index < -0.39 is 5.91 Å². The summed E-state index contributed by atoms with van der Waals surface area (Å²) < 4.78 is 0. The average molecular weight is 405 g/mol. The molecule has 1 fully saturated rings. The second-order valence-electron chi connectivity index (χ2n) is 7.77. The fourth-order valence-electron chi connectivity index (χ4n) is 4.17. The van der Waals surface area contributed by atoms with E-state index in [1.54, 1.807) is 6.07 Å². The molecule has 1 aromatic heterocycles. The highest BCUT2D eigenvalue weighted by Gasteiger charge is 2.18. The SMILES string of the molecule is NC(=O)c1cccc2c(N(CCCN3CCCCC3)c3cccc(N)c3)ncnc12. The third kappa shape index (κ3) is 4.36. The van der Waals surface area contributed by atoms with Crippen LogP contribution in [0.25, 0.3) is 10.9 Å². The van der Waals surface area contributed by atoms with Crippen molar-refractivity contribution in [2.75, 3.05) is 36.8 Å². The molecule has 0 atom stereocenters. The van der Waals surface area contributed by atoms with Gasteiger partial charge in [0, 0.05) is 23.3 Å². The first-order valence-electron chi connectivity index (χ1n) is 10.5. The summed E-state index contributed by atoms with van der Waals surface area (Å²) in [5, 5.41) is 0.800. The van der Waals surface area contributed by atoms with Crippen LogP contribution in [0.5, 0.6) is 0 Å². The summed E-state index contributed by atoms with van der Waals surface area (Å²) >= 11 is 0. The number of amides is 1. The molecule has 156 valence electrons. The molecular formula is C23H28N6O. The van der Waals surface area contributed by atoms with Gasteiger partial charge in [-0.25, -0.2) is 9.97 Å². The highest BCUT2D eigenvalue weighted by atomic mass is 16.1. The number of nitrogens with zero attached hydrogens (tertiary/aromatic N) is 4. The summed E-state index contributed by atoms with van der Waals surface area (Å²) in [5.74, 6) is 0.262. The Labute approximate surface area is 176 Å². The van der Waals surface area contributed by atoms with E-state index in [0.717, 1.165) is 36.4 Å². The van der Waals surface area contributed by atoms with Crippen molar-refractivity contribution in [3.63, 3.8) is 0 Å². The summed E-state index contributed by atoms with van der Waals surface area (Å²) in [6.45, 7) is 4.19. The van der Waals surface area contributed by atoms with Gasteiger partial charge in [-0.2, -0.15) is 0 Å². The van der Waals surface area contributed by atoms with Crippen molar-refractivity contribution in [1.82, 2.24) is 14.9 Å². The Bertz CT molecular complexity index is 1030. The molecule has 2 heterocycles. The smallest absolute Gasteiger partial charge is 0.250 e. The number of carbonyl (C=O) groups is 1. The summed E-state index contributed by atoms with van der Waals surface area (Å²) in [4.78, 5) is 25.5. The summed E-state index contributed by atoms with van der Waals surface area (Å²) in [7, 11) is 0. The number of carbonyl (C=O) groups excluding carboxylic acids is 1. The minimum Gasteiger partial charge on any atom is -0.399 e. The van der Waals surface area contributed by atoms with Gasteiger partial charge in [0.05, 0.1) is 11.1 Å². The van der Waals surface area contributed by atoms with E-state index in [4.69, 9.17) is 11.5 Å². The molecule has 4 N–H and O–H groups in total. The van der Waals surface area contributed by atoms with Crippen LogP contribution in [0.1, 0.15) is 36.0 Å². The molecule has 2 aromatic carbocycles. The van der Waals surface area contributed by atoms with Gasteiger partial charge in [-0.15, -0.1) is 0 Å². The van der Waals surface area contributed by atoms with Crippen molar-refractivity contribution in [3.8, 4) is 0 Å². The molecule has 1 amide bonds. The Morgan fingerprint density at radius 1 is 1.07 bits per heavy atom. The number of para-hydroxylation sites is 1. The predicted octanol–water partition coefficient (Wildman–Crippen LogP) is 3.33. The first-order valence-corrected chi connectivity index (χ1v) is 10.5. The Morgan fingerprint density at radius 2 is 1.87 bits per heavy atom. The van der Waals surface area contributed by atoms with Crippen LogP contribution in [-0.2, 0) is 0 Å². The molecule has 7 nitrogen and oxygen atoms in total. The minimum absolute atomic E-state index is 0.400. The van der Waals surface area contributed by atoms with Crippen molar-refractivity contribution in [3.05, 3.63) is 54.4 Å². The zero-order valence-corrected chi connectivity index (χ0v) is 17.1. The molecule has 0 bridgehead atoms. The number of nitrogens with two attached hydrogens (primary N) is 2. The maximum absolute atomic E-state index is 11.9. The van der Waals surface area contributed by atoms with E-state index in [2.05, 4.69) is 19.8 Å². The maximum atomic E-state index is 11.9. The van der Waals surface area contributed by atoms with Crippen LogP contribution >= 0.6 is 0 Å². The number of rotatable bonds is 7. The minimum atomic E-state index is -0.495. The van der Waals surface area contributed by atoms with Gasteiger partial charge in [0.1, 0.15) is 12.1 Å². The quantitative estimate of drug-likeness (QED) is 0.586. The van der Waals surface area contributed by atoms with Crippen LogP contribution in [0.2, 0.25) is 0 Å². The molecular weight excluding hydrogens is 376 g/mol. The van der Waals surface area contributed by atoms with Crippen molar-refractivity contribution in [1.29, 1.82) is 0 Å². The van der Waals surface area contributed by atoms with E-state index in [1.165, 1.54) is 38.7 Å². The summed E-state index contributed by atoms with van der Waals surface area (Å²) in [6.07, 6.45) is 6.39. The molecule has 0 unspecified atom stereocenters. The second kappa shape index (κ2) is 9.09. The highest BCUT2D eigenvalue weighted by Crippen LogP contribution is 2.31. The van der Waals surface area contributed by atoms with Crippen molar-refractivity contribution in [2.45, 2.75) is 25.7 Å². The largest absolute Gasteiger partial charge is 0.399 e. The number of likely N-dealkylation sites (tertiary alicyclic amines) is 1. The van der Waals surface area contributed by atoms with E-state index in [9.17, 15) is 4.79 Å². The van der Waals surface area contributed by atoms with Gasteiger partial charge in [0.2, 0.25) is 0 Å². The van der Waals surface area contributed by atoms with Crippen molar-refractivity contribution >= 4 is 34.0 Å². The van der Waals surface area contributed by atoms with Crippen LogP contribution in [0.15, 0.2) is 48.8 Å². The Hall–Kier alpha value is -3.19. The number of fused-ring (bicyclic) bond motifs is 1. The lowest BCUT2D eigenvalue weighted by atomic mass is 10.1. The number of primary amides is 1. The second-order valence-corrected chi connectivity index (χ2v) is 7.77. The number of aromatic nitrogens is 2. The molecule has 4 rings (SSSR count). The van der Waals surface area contributed by atoms with Gasteiger partial charge in [0.25, 0.3) is 5.91 Å². The van der Waals surface area contributed by atoms with Gasteiger partial charge in [-0.3, -0.25) is 4.79 Å². The van der Waals surface area contributed by atoms with Gasteiger partial charge in [-0.1, -0.05) is 18.6 Å². The number of nitrogen functional groups attached to an aromatic ring is 1. The van der Waals surface area contributed by atoms with Gasteiger partial charge < -0.3 is 21.3 Å². The van der Waals surface area contributed by atoms with Crippen LogP contribution in [0, 0.1) is 0 Å². The molecule has 0 spiro atoms. The number of anilines is 3. The molecule has 7 heteroatoms. The number of hydrogen-bond donors (Lipinski definition) is 2. The van der Waals surface area contributed by atoms with Crippen LogP contribution < -0.4 is 16.4 Å². The highest BCUT2D eigenvalue weighted by molar-refractivity contribution is 6.07. The van der Waals surface area contributed by atoms with Gasteiger partial charge >= 0.3 is 0 Å². The number of hydrogen-bond acceptors (Lipinski definition) is 6. The summed E-state index contributed by atoms with van der Waals surface area (Å²) in [6, 6.07) is 13.2. The average Bonchev–Trinajstić information content (AvgIpc) is 2.77. The van der Waals surface area contributed by atoms with Gasteiger partial charge in [0.15, 0.2) is 0 Å². The normalized spacial score (nSPS) is 14.7. The summed E-state index contributed by atoms with van der Waals surface area (Å²) in [5.41, 5.74) is 14.3. The van der Waals surface area contributed by atoms with Crippen LogP contribution in [0.4, 0.5) is 17.2 Å². The fourth-order valence-corrected chi connectivity index (χ4v) is 4.17. The Kier molecular flexibility index (Phi) is 6.09. The first-order chi connectivity index (χ1) is 14.6. The first kappa shape index (κ1) is 20.1. The van der Waals surface area contributed by atoms with Crippen molar-refractivity contribution in [2.24, 2.45) is 5.73 Å². The lowest BCUT2D eigenvalue weighted by molar-refractivity contribution is 0.100. The molecule has 1 aliphatic rings. The third-order valence-electron chi connectivity index (χ3n) is 5.65. The maximum Gasteiger partial charge on any atom is 0.250 e. The molecule has 0 radical (unpaired) electrons. The van der Waals surface area contributed by atoms with E-state index in [0.29, 0.717) is 16.8 Å². The Morgan fingerprint density at radius 3 is 2.63 bits per heavy atom. The lowest BCUT2D eigenvalue weighted by Gasteiger charge is -2.29. The molecule has 0 aliphatic carbocycles. The molecule has 0 saturated carbocycles. The van der Waals surface area contributed by atoms with Gasteiger partial charge in [-0.05, 0) is 69.2 Å². The molecule has 30 heavy (non-hydrogen) atoms. The molecule has 1 saturated heterocycles. The topological polar surface area (TPSA) is 101 Å². The van der Waals surface area contributed by atoms with E-state index in [1.807, 2.05) is 36.4 Å². The standard InChI is InChI=1S/C23H28N6O/c24-17-7-4-8-18(15-17)29(14-6-13-28-11-2-1-3-12-28)23-20-10-5-9-19(22(25)30)21(20)26-16-27-23/h4-5,7-10,15-16H,1-3,6,11-14,24H2,(H2,25,30). The molecule has 1 aliphatic heterocycles. The molecule has 3 aromatic rings. The zero-order chi connectivity index (χ0) is 20.9. The third-order valence-corrected chi connectivity index (χ3v) is 5.65. The lowest BCUT2D eigenvalue weighted by Crippen LogP contribution is -2.32. The predicted molar refractivity (Wildman–Crippen MR) is 121 cm³/mol. The van der Waals surface area contributed by atoms with E-state index >= 15 is 0 Å². The Balaban J connectivity index is 1.68. The van der Waals surface area contributed by atoms with E-state index in [-0.39, 0.29) is 0 Å². The van der Waals surface area contributed by atoms with Crippen LogP contribution in [-0.4, -0.2) is 47.0 Å². The monoisotopic (exact) mass is 404 g/mol. The fraction of sp³-hybridized carbons (Fsp3) is 0.348. The number of benzene rings is 2.